The van der Waals surface area contributed by atoms with Crippen molar-refractivity contribution in [3.05, 3.63) is 196 Å². The number of rotatable bonds is 22. The number of aliphatic hydroxyl groups is 2. The molecule has 2 aliphatic carbocycles. The van der Waals surface area contributed by atoms with E-state index < -0.39 is 22.7 Å². The highest BCUT2D eigenvalue weighted by atomic mass is 16.7. The van der Waals surface area contributed by atoms with Gasteiger partial charge in [-0.25, -0.2) is 0 Å². The molecule has 2 N–H and O–H groups in total. The summed E-state index contributed by atoms with van der Waals surface area (Å²) in [6, 6.07) is 40.7. The van der Waals surface area contributed by atoms with Gasteiger partial charge in [0.1, 0.15) is 29.9 Å². The van der Waals surface area contributed by atoms with E-state index in [1.54, 1.807) is 29.2 Å². The number of nitrogens with zero attached hydrogens (tertiary/aromatic N) is 3. The van der Waals surface area contributed by atoms with E-state index >= 15 is 4.79 Å². The fourth-order valence-electron chi connectivity index (χ4n) is 11.4. The molecule has 1 amide bonds. The molecule has 6 aromatic carbocycles. The molecule has 1 saturated carbocycles. The summed E-state index contributed by atoms with van der Waals surface area (Å²) in [6.45, 7) is 4.64. The van der Waals surface area contributed by atoms with Crippen LogP contribution in [0.3, 0.4) is 0 Å². The monoisotopic (exact) mass is 1010 g/mol. The first-order valence-electron chi connectivity index (χ1n) is 25.8. The molecule has 0 spiro atoms. The summed E-state index contributed by atoms with van der Waals surface area (Å²) in [6.07, 6.45) is 11.6. The van der Waals surface area contributed by atoms with Gasteiger partial charge in [0.25, 0.3) is 5.69 Å². The molecule has 0 unspecified atom stereocenters. The number of carbonyl (C=O) groups is 1. The second-order valence-corrected chi connectivity index (χ2v) is 19.5. The van der Waals surface area contributed by atoms with Gasteiger partial charge in [-0.1, -0.05) is 96.9 Å². The lowest BCUT2D eigenvalue weighted by Crippen LogP contribution is -2.70. The van der Waals surface area contributed by atoms with E-state index in [0.717, 1.165) is 58.7 Å². The number of benzene rings is 6. The van der Waals surface area contributed by atoms with Gasteiger partial charge >= 0.3 is 0 Å². The summed E-state index contributed by atoms with van der Waals surface area (Å²) >= 11 is 0. The topological polar surface area (TPSA) is 172 Å². The average Bonchev–Trinajstić information content (AvgIpc) is 3.92. The molecular weight excluding hydrogens is 951 g/mol. The molecule has 2 aliphatic heterocycles. The maximum absolute atomic E-state index is 15.5. The minimum Gasteiger partial charge on any atom is -0.459 e. The minimum absolute atomic E-state index is 0.00600. The first-order valence-corrected chi connectivity index (χ1v) is 25.8. The summed E-state index contributed by atoms with van der Waals surface area (Å²) in [7, 11) is 0. The highest BCUT2D eigenvalue weighted by molar-refractivity contribution is 6.03. The third kappa shape index (κ3) is 11.0. The summed E-state index contributed by atoms with van der Waals surface area (Å²) in [5.74, 6) is 0.183. The predicted octanol–water partition coefficient (Wildman–Crippen LogP) is 11.8. The normalized spacial score (nSPS) is 21.7. The maximum Gasteiger partial charge on any atom is 0.269 e. The second kappa shape index (κ2) is 23.2. The number of amides is 1. The van der Waals surface area contributed by atoms with E-state index in [1.807, 2.05) is 91.0 Å². The molecule has 1 fully saturated rings. The smallest absolute Gasteiger partial charge is 0.269 e. The molecule has 2 heterocycles. The molecule has 14 nitrogen and oxygen atoms in total. The number of unbranched alkanes of at least 4 members (excludes halogenated alkanes) is 2. The summed E-state index contributed by atoms with van der Waals surface area (Å²) < 4.78 is 33.0. The summed E-state index contributed by atoms with van der Waals surface area (Å²) in [4.78, 5) is 34.6. The van der Waals surface area contributed by atoms with E-state index in [-0.39, 0.29) is 75.5 Å². The standard InChI is InChI=1S/C61H61N3O11/c1-2-32-72-61-57(63(38-43-20-27-55-56(33-43)71-40-70-55)58(67)29-21-41-18-23-47(24-19-41)64(68)69)37-53(62-73-39-42-12-4-3-5-13-42)51-35-46(16-8-10-30-65)50(17-9-11-31-66)59(60(51)61)52-36-49(26-28-54(52)75-61)74-48-25-22-44-14-6-7-15-45(44)34-48/h2-7,12-15,18-29,33-36,46,50,57,59-60,65-66H,1,8-11,16-17,30-32,37-40H2/t46-,50+,57-,59+,60+,61+/m0/s1. The molecule has 0 saturated heterocycles. The first kappa shape index (κ1) is 50.7. The molecule has 75 heavy (non-hydrogen) atoms. The zero-order valence-corrected chi connectivity index (χ0v) is 41.7. The Morgan fingerprint density at radius 2 is 1.55 bits per heavy atom. The number of oxime groups is 1. The van der Waals surface area contributed by atoms with Crippen molar-refractivity contribution >= 4 is 34.2 Å². The van der Waals surface area contributed by atoms with E-state index in [4.69, 9.17) is 33.7 Å². The van der Waals surface area contributed by atoms with Crippen LogP contribution in [0, 0.1) is 27.9 Å². The quantitative estimate of drug-likeness (QED) is 0.0218. The number of ether oxygens (including phenoxy) is 5. The van der Waals surface area contributed by atoms with E-state index in [1.165, 1.54) is 18.2 Å². The summed E-state index contributed by atoms with van der Waals surface area (Å²) in [5.41, 5.74) is 4.67. The van der Waals surface area contributed by atoms with Gasteiger partial charge in [0.15, 0.2) is 11.5 Å². The molecule has 6 atom stereocenters. The maximum atomic E-state index is 15.5. The molecule has 0 bridgehead atoms. The Bertz CT molecular complexity index is 3100. The Labute approximate surface area is 436 Å². The van der Waals surface area contributed by atoms with Crippen molar-refractivity contribution in [1.29, 1.82) is 0 Å². The number of non-ortho nitro benzene ring substituents is 1. The number of carbonyl (C=O) groups excluding carboxylic acids is 1. The number of nitro benzene ring substituents is 1. The zero-order chi connectivity index (χ0) is 51.7. The van der Waals surface area contributed by atoms with Crippen LogP contribution in [0.25, 0.3) is 16.8 Å². The van der Waals surface area contributed by atoms with Crippen molar-refractivity contribution in [2.75, 3.05) is 26.6 Å². The Balaban J connectivity index is 1.16. The molecule has 386 valence electrons. The second-order valence-electron chi connectivity index (χ2n) is 19.5. The number of aliphatic hydroxyl groups excluding tert-OH is 2. The van der Waals surface area contributed by atoms with Crippen molar-refractivity contribution in [1.82, 2.24) is 4.90 Å². The van der Waals surface area contributed by atoms with E-state index in [9.17, 15) is 20.3 Å². The number of hydrogen-bond donors (Lipinski definition) is 2. The van der Waals surface area contributed by atoms with Crippen LogP contribution in [0.2, 0.25) is 0 Å². The van der Waals surface area contributed by atoms with Crippen molar-refractivity contribution in [3.63, 3.8) is 0 Å². The van der Waals surface area contributed by atoms with Crippen LogP contribution >= 0.6 is 0 Å². The molecular formula is C61H61N3O11. The van der Waals surface area contributed by atoms with Crippen molar-refractivity contribution < 1.29 is 48.5 Å². The fourth-order valence-corrected chi connectivity index (χ4v) is 11.4. The molecule has 14 heteroatoms. The van der Waals surface area contributed by atoms with Gasteiger partial charge < -0.3 is 43.6 Å². The van der Waals surface area contributed by atoms with Gasteiger partial charge in [-0.2, -0.15) is 0 Å². The molecule has 0 radical (unpaired) electrons. The minimum atomic E-state index is -1.56. The molecule has 0 aromatic heterocycles. The number of fused-ring (bicyclic) bond motifs is 4. The Kier molecular flexibility index (Phi) is 15.7. The van der Waals surface area contributed by atoms with Crippen molar-refractivity contribution in [3.8, 4) is 28.7 Å². The summed E-state index contributed by atoms with van der Waals surface area (Å²) in [5, 5.41) is 39.0. The van der Waals surface area contributed by atoms with Crippen LogP contribution in [0.15, 0.2) is 169 Å². The number of allylic oxidation sites excluding steroid dienone is 1. The van der Waals surface area contributed by atoms with Crippen LogP contribution < -0.4 is 18.9 Å². The van der Waals surface area contributed by atoms with Crippen LogP contribution in [0.1, 0.15) is 73.1 Å². The fraction of sp³-hybridized carbons (Fsp3) is 0.311. The van der Waals surface area contributed by atoms with E-state index in [0.29, 0.717) is 52.9 Å². The largest absolute Gasteiger partial charge is 0.459 e. The molecule has 4 aliphatic rings. The average molecular weight is 1010 g/mol. The van der Waals surface area contributed by atoms with Gasteiger partial charge in [-0.3, -0.25) is 14.9 Å². The van der Waals surface area contributed by atoms with Gasteiger partial charge in [0.2, 0.25) is 18.5 Å². The lowest BCUT2D eigenvalue weighted by molar-refractivity contribution is -0.384. The van der Waals surface area contributed by atoms with Gasteiger partial charge in [0.05, 0.1) is 23.2 Å². The highest BCUT2D eigenvalue weighted by Crippen LogP contribution is 2.62. The van der Waals surface area contributed by atoms with Gasteiger partial charge in [-0.15, -0.1) is 6.58 Å². The van der Waals surface area contributed by atoms with Crippen LogP contribution in [-0.2, 0) is 27.5 Å². The number of hydrogen-bond acceptors (Lipinski definition) is 12. The Morgan fingerprint density at radius 1 is 0.813 bits per heavy atom. The van der Waals surface area contributed by atoms with Crippen molar-refractivity contribution in [2.45, 2.75) is 75.8 Å². The van der Waals surface area contributed by atoms with Gasteiger partial charge in [-0.05, 0) is 131 Å². The SMILES string of the molecule is C=CCO[C@@]12Oc3ccc(Oc4ccc5ccccc5c4)cc3[C@H]3[C@H](CCCCO)[C@@H](CCCCO)C=C(C(=NOCc4ccccc4)C[C@@H]1N(Cc1ccc4c(c1)OCO4)C(=O)C=Cc1ccc([N+](=O)[O-])cc1)[C@H]32. The Morgan fingerprint density at radius 3 is 2.33 bits per heavy atom. The lowest BCUT2D eigenvalue weighted by Gasteiger charge is -2.60. The molecule has 6 aromatic rings. The third-order valence-corrected chi connectivity index (χ3v) is 14.8. The van der Waals surface area contributed by atoms with E-state index in [2.05, 4.69) is 30.9 Å². The van der Waals surface area contributed by atoms with Crippen LogP contribution in [-0.4, -0.2) is 70.1 Å². The predicted molar refractivity (Wildman–Crippen MR) is 285 cm³/mol. The number of nitro groups is 1. The first-order chi connectivity index (χ1) is 36.7. The van der Waals surface area contributed by atoms with Gasteiger partial charge in [0, 0.05) is 55.9 Å². The Hall–Kier alpha value is -7.78. The van der Waals surface area contributed by atoms with Crippen LogP contribution in [0.4, 0.5) is 5.69 Å². The third-order valence-electron chi connectivity index (χ3n) is 14.8. The van der Waals surface area contributed by atoms with Crippen LogP contribution in [0.5, 0.6) is 28.7 Å². The zero-order valence-electron chi connectivity index (χ0n) is 41.7. The lowest BCUT2D eigenvalue weighted by atomic mass is 9.55. The molecule has 10 rings (SSSR count). The van der Waals surface area contributed by atoms with Crippen molar-refractivity contribution in [2.24, 2.45) is 22.9 Å². The highest BCUT2D eigenvalue weighted by Gasteiger charge is 2.65.